The number of rotatable bonds is 6. The van der Waals surface area contributed by atoms with Gasteiger partial charge in [-0.3, -0.25) is 14.6 Å². The topological polar surface area (TPSA) is 169 Å². The molecule has 0 saturated carbocycles. The SMILES string of the molecule is CC(Nc1n[nH]c(=O)[nH]c1=O)C(=O)N/N=C/c1cccc(C(=O)O)c1. The second kappa shape index (κ2) is 7.68. The maximum Gasteiger partial charge on any atom is 0.342 e. The number of amides is 1. The van der Waals surface area contributed by atoms with Crippen LogP contribution in [0.2, 0.25) is 0 Å². The Hall–Kier alpha value is -3.76. The summed E-state index contributed by atoms with van der Waals surface area (Å²) in [5.74, 6) is -1.87. The lowest BCUT2D eigenvalue weighted by Crippen LogP contribution is -2.38. The molecule has 1 aromatic heterocycles. The molecule has 1 amide bonds. The molecule has 2 aromatic rings. The van der Waals surface area contributed by atoms with E-state index in [9.17, 15) is 19.2 Å². The summed E-state index contributed by atoms with van der Waals surface area (Å²) in [6, 6.07) is 5.11. The molecule has 2 rings (SSSR count). The number of benzene rings is 1. The Balaban J connectivity index is 1.97. The summed E-state index contributed by atoms with van der Waals surface area (Å²) in [5, 5.41) is 20.7. The number of aromatic amines is 2. The molecule has 25 heavy (non-hydrogen) atoms. The van der Waals surface area contributed by atoms with Crippen LogP contribution in [-0.2, 0) is 4.79 Å². The number of carboxylic acid groups (broad SMARTS) is 1. The highest BCUT2D eigenvalue weighted by molar-refractivity contribution is 5.91. The number of carboxylic acids is 1. The fourth-order valence-electron chi connectivity index (χ4n) is 1.74. The van der Waals surface area contributed by atoms with Crippen LogP contribution in [0.25, 0.3) is 0 Å². The molecule has 1 aromatic carbocycles. The van der Waals surface area contributed by atoms with Gasteiger partial charge in [0.1, 0.15) is 6.04 Å². The summed E-state index contributed by atoms with van der Waals surface area (Å²) >= 11 is 0. The van der Waals surface area contributed by atoms with E-state index in [1.807, 2.05) is 10.1 Å². The van der Waals surface area contributed by atoms with Gasteiger partial charge >= 0.3 is 11.7 Å². The zero-order valence-corrected chi connectivity index (χ0v) is 12.9. The van der Waals surface area contributed by atoms with Crippen molar-refractivity contribution in [3.63, 3.8) is 0 Å². The molecule has 11 nitrogen and oxygen atoms in total. The third-order valence-electron chi connectivity index (χ3n) is 2.98. The number of aromatic carboxylic acids is 1. The van der Waals surface area contributed by atoms with Gasteiger partial charge in [-0.2, -0.15) is 5.10 Å². The smallest absolute Gasteiger partial charge is 0.342 e. The summed E-state index contributed by atoms with van der Waals surface area (Å²) in [6.07, 6.45) is 1.28. The summed E-state index contributed by atoms with van der Waals surface area (Å²) < 4.78 is 0. The van der Waals surface area contributed by atoms with Crippen LogP contribution in [0.4, 0.5) is 5.82 Å². The number of aromatic nitrogens is 3. The van der Waals surface area contributed by atoms with E-state index in [4.69, 9.17) is 5.11 Å². The highest BCUT2D eigenvalue weighted by Gasteiger charge is 2.14. The van der Waals surface area contributed by atoms with E-state index in [0.717, 1.165) is 0 Å². The lowest BCUT2D eigenvalue weighted by atomic mass is 10.1. The van der Waals surface area contributed by atoms with Crippen molar-refractivity contribution in [1.29, 1.82) is 0 Å². The summed E-state index contributed by atoms with van der Waals surface area (Å²) in [5.41, 5.74) is 1.29. The largest absolute Gasteiger partial charge is 0.478 e. The van der Waals surface area contributed by atoms with E-state index >= 15 is 0 Å². The highest BCUT2D eigenvalue weighted by atomic mass is 16.4. The molecular formula is C14H14N6O5. The first-order valence-corrected chi connectivity index (χ1v) is 6.98. The minimum absolute atomic E-state index is 0.0914. The van der Waals surface area contributed by atoms with Gasteiger partial charge in [0.15, 0.2) is 0 Å². The predicted molar refractivity (Wildman–Crippen MR) is 87.7 cm³/mol. The van der Waals surface area contributed by atoms with Crippen molar-refractivity contribution in [3.05, 3.63) is 56.2 Å². The highest BCUT2D eigenvalue weighted by Crippen LogP contribution is 2.03. The maximum atomic E-state index is 11.9. The van der Waals surface area contributed by atoms with Gasteiger partial charge in [-0.05, 0) is 24.6 Å². The molecule has 0 bridgehead atoms. The van der Waals surface area contributed by atoms with E-state index in [1.54, 1.807) is 12.1 Å². The van der Waals surface area contributed by atoms with Gasteiger partial charge in [0.05, 0.1) is 11.8 Å². The molecule has 1 heterocycles. The first kappa shape index (κ1) is 17.6. The summed E-state index contributed by atoms with van der Waals surface area (Å²) in [7, 11) is 0. The van der Waals surface area contributed by atoms with E-state index in [2.05, 4.69) is 20.9 Å². The number of hydrogen-bond donors (Lipinski definition) is 5. The van der Waals surface area contributed by atoms with Crippen molar-refractivity contribution < 1.29 is 14.7 Å². The van der Waals surface area contributed by atoms with Crippen LogP contribution in [0, 0.1) is 0 Å². The number of H-pyrrole nitrogens is 2. The Bertz CT molecular complexity index is 932. The van der Waals surface area contributed by atoms with Crippen LogP contribution in [-0.4, -0.2) is 44.4 Å². The van der Waals surface area contributed by atoms with Gasteiger partial charge in [0, 0.05) is 0 Å². The fraction of sp³-hybridized carbons (Fsp3) is 0.143. The lowest BCUT2D eigenvalue weighted by Gasteiger charge is -2.11. The summed E-state index contributed by atoms with van der Waals surface area (Å²) in [4.78, 5) is 47.1. The normalized spacial score (nSPS) is 11.9. The van der Waals surface area contributed by atoms with Gasteiger partial charge in [0.2, 0.25) is 5.82 Å². The first-order chi connectivity index (χ1) is 11.9. The van der Waals surface area contributed by atoms with Crippen molar-refractivity contribution in [2.45, 2.75) is 13.0 Å². The number of anilines is 1. The van der Waals surface area contributed by atoms with Crippen molar-refractivity contribution in [3.8, 4) is 0 Å². The molecule has 0 saturated heterocycles. The average Bonchev–Trinajstić information content (AvgIpc) is 2.57. The van der Waals surface area contributed by atoms with Crippen LogP contribution in [0.15, 0.2) is 39.0 Å². The van der Waals surface area contributed by atoms with Crippen LogP contribution < -0.4 is 22.0 Å². The standard InChI is InChI=1S/C14H14N6O5/c1-7(16-10-12(22)17-14(25)20-18-10)11(21)19-15-6-8-3-2-4-9(5-8)13(23)24/h2-7H,1H3,(H,16,18)(H,19,21)(H,23,24)(H2,17,20,22,25)/b15-6+. The fourth-order valence-corrected chi connectivity index (χ4v) is 1.74. The molecule has 0 aliphatic rings. The minimum atomic E-state index is -1.07. The van der Waals surface area contributed by atoms with Gasteiger partial charge in [-0.15, -0.1) is 5.10 Å². The van der Waals surface area contributed by atoms with E-state index < -0.39 is 29.2 Å². The molecular weight excluding hydrogens is 332 g/mol. The van der Waals surface area contributed by atoms with E-state index in [0.29, 0.717) is 5.56 Å². The second-order valence-corrected chi connectivity index (χ2v) is 4.89. The molecule has 130 valence electrons. The Morgan fingerprint density at radius 1 is 1.36 bits per heavy atom. The number of carbonyl (C=O) groups is 2. The van der Waals surface area contributed by atoms with Crippen molar-refractivity contribution in [2.24, 2.45) is 5.10 Å². The van der Waals surface area contributed by atoms with Crippen molar-refractivity contribution in [2.75, 3.05) is 5.32 Å². The van der Waals surface area contributed by atoms with Crippen LogP contribution in [0.3, 0.4) is 0 Å². The second-order valence-electron chi connectivity index (χ2n) is 4.89. The van der Waals surface area contributed by atoms with Gasteiger partial charge in [-0.25, -0.2) is 20.1 Å². The van der Waals surface area contributed by atoms with Crippen LogP contribution in [0.5, 0.6) is 0 Å². The molecule has 0 aliphatic carbocycles. The molecule has 5 N–H and O–H groups in total. The number of nitrogens with zero attached hydrogens (tertiary/aromatic N) is 2. The third-order valence-corrected chi connectivity index (χ3v) is 2.98. The first-order valence-electron chi connectivity index (χ1n) is 6.98. The number of nitrogens with one attached hydrogen (secondary N) is 4. The molecule has 0 radical (unpaired) electrons. The molecule has 1 unspecified atom stereocenters. The predicted octanol–water partition coefficient (Wildman–Crippen LogP) is -0.893. The summed E-state index contributed by atoms with van der Waals surface area (Å²) in [6.45, 7) is 1.46. The number of hydrazone groups is 1. The minimum Gasteiger partial charge on any atom is -0.478 e. The monoisotopic (exact) mass is 346 g/mol. The Morgan fingerprint density at radius 3 is 2.80 bits per heavy atom. The Labute approximate surface area is 139 Å². The third kappa shape index (κ3) is 4.86. The lowest BCUT2D eigenvalue weighted by molar-refractivity contribution is -0.121. The molecule has 0 aliphatic heterocycles. The quantitative estimate of drug-likeness (QED) is 0.333. The molecule has 0 fully saturated rings. The maximum absolute atomic E-state index is 11.9. The zero-order valence-electron chi connectivity index (χ0n) is 12.9. The molecule has 0 spiro atoms. The van der Waals surface area contributed by atoms with Crippen molar-refractivity contribution >= 4 is 23.9 Å². The van der Waals surface area contributed by atoms with Crippen LogP contribution >= 0.6 is 0 Å². The Morgan fingerprint density at radius 2 is 2.12 bits per heavy atom. The average molecular weight is 346 g/mol. The zero-order chi connectivity index (χ0) is 18.4. The van der Waals surface area contributed by atoms with Gasteiger partial charge < -0.3 is 10.4 Å². The van der Waals surface area contributed by atoms with E-state index in [1.165, 1.54) is 25.3 Å². The molecule has 1 atom stereocenters. The van der Waals surface area contributed by atoms with Crippen molar-refractivity contribution in [1.82, 2.24) is 20.6 Å². The molecule has 11 heteroatoms. The van der Waals surface area contributed by atoms with E-state index in [-0.39, 0.29) is 11.4 Å². The number of hydrogen-bond acceptors (Lipinski definition) is 7. The van der Waals surface area contributed by atoms with Gasteiger partial charge in [0.25, 0.3) is 11.5 Å². The number of carbonyl (C=O) groups excluding carboxylic acids is 1. The van der Waals surface area contributed by atoms with Crippen LogP contribution in [0.1, 0.15) is 22.8 Å². The van der Waals surface area contributed by atoms with Gasteiger partial charge in [-0.1, -0.05) is 12.1 Å². The Kier molecular flexibility index (Phi) is 5.40.